The van der Waals surface area contributed by atoms with Crippen molar-refractivity contribution >= 4 is 17.6 Å². The summed E-state index contributed by atoms with van der Waals surface area (Å²) in [6.45, 7) is 0. The second-order valence-electron chi connectivity index (χ2n) is 5.62. The lowest BCUT2D eigenvalue weighted by molar-refractivity contribution is -0.260. The Balaban J connectivity index is 1.75. The summed E-state index contributed by atoms with van der Waals surface area (Å²) < 4.78 is 4.80. The molecule has 3 aliphatic rings. The Kier molecular flexibility index (Phi) is 2.48. The average molecular weight is 267 g/mol. The van der Waals surface area contributed by atoms with E-state index in [-0.39, 0.29) is 16.8 Å². The van der Waals surface area contributed by atoms with Gasteiger partial charge in [-0.1, -0.05) is 23.7 Å². The highest BCUT2D eigenvalue weighted by Crippen LogP contribution is 2.77. The minimum Gasteiger partial charge on any atom is -0.469 e. The number of carbonyl (C=O) groups is 1. The van der Waals surface area contributed by atoms with Gasteiger partial charge in [-0.2, -0.15) is 0 Å². The molecule has 4 heteroatoms. The van der Waals surface area contributed by atoms with Crippen molar-refractivity contribution in [3.05, 3.63) is 34.9 Å². The summed E-state index contributed by atoms with van der Waals surface area (Å²) in [5, 5.41) is 11.0. The van der Waals surface area contributed by atoms with Crippen LogP contribution in [0, 0.1) is 10.8 Å². The van der Waals surface area contributed by atoms with Crippen molar-refractivity contribution in [2.45, 2.75) is 25.4 Å². The van der Waals surface area contributed by atoms with Crippen LogP contribution in [0.4, 0.5) is 0 Å². The van der Waals surface area contributed by atoms with Gasteiger partial charge in [-0.25, -0.2) is 0 Å². The summed E-state index contributed by atoms with van der Waals surface area (Å²) >= 11 is 5.93. The zero-order valence-corrected chi connectivity index (χ0v) is 10.9. The molecule has 4 rings (SSSR count). The van der Waals surface area contributed by atoms with Crippen LogP contribution in [-0.2, 0) is 9.53 Å². The monoisotopic (exact) mass is 266 g/mol. The number of halogens is 1. The van der Waals surface area contributed by atoms with E-state index >= 15 is 0 Å². The fourth-order valence-corrected chi connectivity index (χ4v) is 3.82. The Hall–Kier alpha value is -1.06. The highest BCUT2D eigenvalue weighted by Gasteiger charge is 2.74. The van der Waals surface area contributed by atoms with Crippen molar-refractivity contribution in [3.63, 3.8) is 0 Å². The number of aliphatic hydroxyl groups excluding tert-OH is 1. The van der Waals surface area contributed by atoms with Crippen LogP contribution in [0.5, 0.6) is 0 Å². The van der Waals surface area contributed by atoms with Gasteiger partial charge >= 0.3 is 5.97 Å². The highest BCUT2D eigenvalue weighted by molar-refractivity contribution is 6.30. The van der Waals surface area contributed by atoms with E-state index in [0.29, 0.717) is 5.02 Å². The average Bonchev–Trinajstić information content (AvgIpc) is 2.25. The molecule has 1 unspecified atom stereocenters. The Labute approximate surface area is 111 Å². The van der Waals surface area contributed by atoms with Crippen molar-refractivity contribution in [3.8, 4) is 0 Å². The number of hydrogen-bond acceptors (Lipinski definition) is 3. The van der Waals surface area contributed by atoms with Crippen LogP contribution < -0.4 is 0 Å². The lowest BCUT2D eigenvalue weighted by atomic mass is 9.33. The second kappa shape index (κ2) is 3.72. The standard InChI is InChI=1S/C14H15ClO3/c1-18-12(17)14-6-13(7-14,8-14)11(16)9-3-2-4-10(15)5-9/h2-5,11,16H,6-8H2,1H3. The van der Waals surface area contributed by atoms with Crippen molar-refractivity contribution < 1.29 is 14.6 Å². The van der Waals surface area contributed by atoms with Crippen molar-refractivity contribution in [1.29, 1.82) is 0 Å². The van der Waals surface area contributed by atoms with Gasteiger partial charge in [0.1, 0.15) is 0 Å². The largest absolute Gasteiger partial charge is 0.469 e. The maximum atomic E-state index is 11.6. The van der Waals surface area contributed by atoms with Gasteiger partial charge in [0.05, 0.1) is 18.6 Å². The van der Waals surface area contributed by atoms with Gasteiger partial charge in [0.2, 0.25) is 0 Å². The number of benzene rings is 1. The van der Waals surface area contributed by atoms with Crippen molar-refractivity contribution in [2.75, 3.05) is 7.11 Å². The maximum Gasteiger partial charge on any atom is 0.311 e. The third-order valence-corrected chi connectivity index (χ3v) is 4.67. The molecule has 1 aromatic carbocycles. The SMILES string of the molecule is COC(=O)C12CC(C(O)c3cccc(Cl)c3)(C1)C2. The molecule has 3 aliphatic carbocycles. The van der Waals surface area contributed by atoms with Gasteiger partial charge in [0, 0.05) is 10.4 Å². The molecule has 0 aromatic heterocycles. The number of hydrogen-bond donors (Lipinski definition) is 1. The molecule has 2 bridgehead atoms. The second-order valence-corrected chi connectivity index (χ2v) is 6.06. The Bertz CT molecular complexity index is 492. The Morgan fingerprint density at radius 2 is 2.11 bits per heavy atom. The molecule has 18 heavy (non-hydrogen) atoms. The number of carbonyl (C=O) groups excluding carboxylic acids is 1. The van der Waals surface area contributed by atoms with Crippen LogP contribution in [-0.4, -0.2) is 18.2 Å². The lowest BCUT2D eigenvalue weighted by Crippen LogP contribution is -2.67. The van der Waals surface area contributed by atoms with E-state index in [2.05, 4.69) is 0 Å². The van der Waals surface area contributed by atoms with E-state index in [1.54, 1.807) is 12.1 Å². The van der Waals surface area contributed by atoms with E-state index in [0.717, 1.165) is 24.8 Å². The lowest BCUT2D eigenvalue weighted by Gasteiger charge is -2.70. The van der Waals surface area contributed by atoms with Crippen LogP contribution >= 0.6 is 11.6 Å². The first kappa shape index (κ1) is 12.0. The summed E-state index contributed by atoms with van der Waals surface area (Å²) in [6.07, 6.45) is 1.63. The number of esters is 1. The number of aliphatic hydroxyl groups is 1. The molecule has 3 saturated carbocycles. The molecule has 0 aliphatic heterocycles. The summed E-state index contributed by atoms with van der Waals surface area (Å²) in [4.78, 5) is 11.6. The first-order valence-electron chi connectivity index (χ1n) is 6.03. The van der Waals surface area contributed by atoms with Crippen LogP contribution in [0.1, 0.15) is 30.9 Å². The van der Waals surface area contributed by atoms with Gasteiger partial charge in [-0.05, 0) is 37.0 Å². The van der Waals surface area contributed by atoms with Crippen LogP contribution in [0.15, 0.2) is 24.3 Å². The number of rotatable bonds is 3. The zero-order chi connectivity index (χ0) is 13.0. The molecule has 0 radical (unpaired) electrons. The summed E-state index contributed by atoms with van der Waals surface area (Å²) in [5.41, 5.74) is 0.383. The third-order valence-electron chi connectivity index (χ3n) is 4.43. The van der Waals surface area contributed by atoms with Gasteiger partial charge in [-0.3, -0.25) is 4.79 Å². The van der Waals surface area contributed by atoms with Gasteiger partial charge in [0.15, 0.2) is 0 Å². The fourth-order valence-electron chi connectivity index (χ4n) is 3.62. The molecular weight excluding hydrogens is 252 g/mol. The molecule has 96 valence electrons. The first-order chi connectivity index (χ1) is 8.51. The minimum atomic E-state index is -0.539. The maximum absolute atomic E-state index is 11.6. The molecule has 3 fully saturated rings. The molecule has 0 amide bonds. The van der Waals surface area contributed by atoms with Gasteiger partial charge in [0.25, 0.3) is 0 Å². The molecule has 1 atom stereocenters. The van der Waals surface area contributed by atoms with Crippen LogP contribution in [0.3, 0.4) is 0 Å². The van der Waals surface area contributed by atoms with Crippen molar-refractivity contribution in [2.24, 2.45) is 10.8 Å². The normalized spacial score (nSPS) is 34.2. The Morgan fingerprint density at radius 3 is 2.67 bits per heavy atom. The smallest absolute Gasteiger partial charge is 0.311 e. The minimum absolute atomic E-state index is 0.136. The molecule has 1 aromatic rings. The van der Waals surface area contributed by atoms with Gasteiger partial charge in [-0.15, -0.1) is 0 Å². The van der Waals surface area contributed by atoms with E-state index in [1.807, 2.05) is 12.1 Å². The van der Waals surface area contributed by atoms with Crippen molar-refractivity contribution in [1.82, 2.24) is 0 Å². The molecule has 1 N–H and O–H groups in total. The number of methoxy groups -OCH3 is 1. The number of ether oxygens (including phenoxy) is 1. The molecule has 0 spiro atoms. The highest BCUT2D eigenvalue weighted by atomic mass is 35.5. The van der Waals surface area contributed by atoms with E-state index in [9.17, 15) is 9.90 Å². The van der Waals surface area contributed by atoms with Crippen LogP contribution in [0.25, 0.3) is 0 Å². The summed E-state index contributed by atoms with van der Waals surface area (Å²) in [5.74, 6) is -0.136. The third kappa shape index (κ3) is 1.44. The van der Waals surface area contributed by atoms with E-state index < -0.39 is 6.10 Å². The molecule has 0 heterocycles. The molecular formula is C14H15ClO3. The summed E-state index contributed by atoms with van der Waals surface area (Å²) in [7, 11) is 1.42. The molecule has 0 saturated heterocycles. The predicted octanol–water partition coefficient (Wildman–Crippen LogP) is 2.72. The topological polar surface area (TPSA) is 46.5 Å². The quantitative estimate of drug-likeness (QED) is 0.856. The Morgan fingerprint density at radius 1 is 1.44 bits per heavy atom. The first-order valence-corrected chi connectivity index (χ1v) is 6.41. The fraction of sp³-hybridized carbons (Fsp3) is 0.500. The summed E-state index contributed by atoms with van der Waals surface area (Å²) in [6, 6.07) is 7.29. The van der Waals surface area contributed by atoms with Gasteiger partial charge < -0.3 is 9.84 Å². The van der Waals surface area contributed by atoms with Crippen LogP contribution in [0.2, 0.25) is 5.02 Å². The van der Waals surface area contributed by atoms with E-state index in [4.69, 9.17) is 16.3 Å². The predicted molar refractivity (Wildman–Crippen MR) is 67.1 cm³/mol. The molecule has 3 nitrogen and oxygen atoms in total. The van der Waals surface area contributed by atoms with E-state index in [1.165, 1.54) is 7.11 Å². The zero-order valence-electron chi connectivity index (χ0n) is 10.1.